The summed E-state index contributed by atoms with van der Waals surface area (Å²) in [6.07, 6.45) is 0.390. The maximum absolute atomic E-state index is 12.1. The van der Waals surface area contributed by atoms with Gasteiger partial charge in [0.25, 0.3) is 0 Å². The van der Waals surface area contributed by atoms with Crippen molar-refractivity contribution >= 4 is 12.0 Å². The number of nitrogens with one attached hydrogen (secondary N) is 1. The zero-order valence-corrected chi connectivity index (χ0v) is 15.2. The number of hydrogen-bond acceptors (Lipinski definition) is 4. The van der Waals surface area contributed by atoms with Crippen LogP contribution in [-0.2, 0) is 15.9 Å². The zero-order chi connectivity index (χ0) is 17.7. The first-order valence-corrected chi connectivity index (χ1v) is 8.48. The van der Waals surface area contributed by atoms with Crippen LogP contribution in [0.15, 0.2) is 35.3 Å². The van der Waals surface area contributed by atoms with E-state index < -0.39 is 11.7 Å². The SMILES string of the molecule is CC(C)[C@H](NC(=O)OC(C)(C)C)C1=N[C@@H](Cc2ccccc2)CO1. The van der Waals surface area contributed by atoms with Crippen LogP contribution in [0.25, 0.3) is 0 Å². The van der Waals surface area contributed by atoms with E-state index in [-0.39, 0.29) is 18.0 Å². The molecule has 1 amide bonds. The quantitative estimate of drug-likeness (QED) is 0.896. The van der Waals surface area contributed by atoms with Gasteiger partial charge in [-0.15, -0.1) is 0 Å². The van der Waals surface area contributed by atoms with Gasteiger partial charge in [0, 0.05) is 0 Å². The summed E-state index contributed by atoms with van der Waals surface area (Å²) in [5.41, 5.74) is 0.706. The second kappa shape index (κ2) is 7.69. The van der Waals surface area contributed by atoms with Gasteiger partial charge in [-0.3, -0.25) is 0 Å². The van der Waals surface area contributed by atoms with Gasteiger partial charge in [0.1, 0.15) is 18.2 Å². The predicted molar refractivity (Wildman–Crippen MR) is 95.3 cm³/mol. The first kappa shape index (κ1) is 18.3. The first-order valence-electron chi connectivity index (χ1n) is 8.48. The lowest BCUT2D eigenvalue weighted by Crippen LogP contribution is -2.46. The average Bonchev–Trinajstić information content (AvgIpc) is 2.92. The van der Waals surface area contributed by atoms with Crippen LogP contribution in [0.4, 0.5) is 4.79 Å². The van der Waals surface area contributed by atoms with Crippen LogP contribution in [0.3, 0.4) is 0 Å². The van der Waals surface area contributed by atoms with E-state index in [1.165, 1.54) is 5.56 Å². The van der Waals surface area contributed by atoms with Gasteiger partial charge in [-0.2, -0.15) is 0 Å². The van der Waals surface area contributed by atoms with Crippen molar-refractivity contribution in [1.82, 2.24) is 5.32 Å². The molecule has 1 heterocycles. The van der Waals surface area contributed by atoms with Gasteiger partial charge >= 0.3 is 6.09 Å². The van der Waals surface area contributed by atoms with Crippen molar-refractivity contribution < 1.29 is 14.3 Å². The summed E-state index contributed by atoms with van der Waals surface area (Å²) < 4.78 is 11.1. The molecule has 0 saturated heterocycles. The highest BCUT2D eigenvalue weighted by Gasteiger charge is 2.31. The number of nitrogens with zero attached hydrogens (tertiary/aromatic N) is 1. The van der Waals surface area contributed by atoms with E-state index >= 15 is 0 Å². The normalized spacial score (nSPS) is 18.8. The third-order valence-corrected chi connectivity index (χ3v) is 3.65. The summed E-state index contributed by atoms with van der Waals surface area (Å²) in [5.74, 6) is 0.753. The Bertz CT molecular complexity index is 576. The minimum atomic E-state index is -0.528. The summed E-state index contributed by atoms with van der Waals surface area (Å²) >= 11 is 0. The molecule has 1 aromatic rings. The fourth-order valence-corrected chi connectivity index (χ4v) is 2.54. The van der Waals surface area contributed by atoms with E-state index in [0.29, 0.717) is 12.5 Å². The summed E-state index contributed by atoms with van der Waals surface area (Å²) in [5, 5.41) is 2.88. The Morgan fingerprint density at radius 1 is 1.33 bits per heavy atom. The molecule has 5 heteroatoms. The van der Waals surface area contributed by atoms with E-state index in [0.717, 1.165) is 6.42 Å². The zero-order valence-electron chi connectivity index (χ0n) is 15.2. The minimum Gasteiger partial charge on any atom is -0.477 e. The Kier molecular flexibility index (Phi) is 5.86. The van der Waals surface area contributed by atoms with Crippen molar-refractivity contribution in [1.29, 1.82) is 0 Å². The predicted octanol–water partition coefficient (Wildman–Crippen LogP) is 3.58. The lowest BCUT2D eigenvalue weighted by Gasteiger charge is -2.25. The van der Waals surface area contributed by atoms with Crippen molar-refractivity contribution in [3.63, 3.8) is 0 Å². The topological polar surface area (TPSA) is 59.9 Å². The number of rotatable bonds is 5. The average molecular weight is 332 g/mol. The largest absolute Gasteiger partial charge is 0.477 e. The van der Waals surface area contributed by atoms with Gasteiger partial charge in [0.05, 0.1) is 6.04 Å². The van der Waals surface area contributed by atoms with E-state index in [1.807, 2.05) is 52.8 Å². The third-order valence-electron chi connectivity index (χ3n) is 3.65. The summed E-state index contributed by atoms with van der Waals surface area (Å²) in [4.78, 5) is 16.7. The van der Waals surface area contributed by atoms with E-state index in [1.54, 1.807) is 0 Å². The van der Waals surface area contributed by atoms with Crippen LogP contribution in [-0.4, -0.2) is 36.3 Å². The van der Waals surface area contributed by atoms with E-state index in [4.69, 9.17) is 9.47 Å². The van der Waals surface area contributed by atoms with Crippen LogP contribution in [0.5, 0.6) is 0 Å². The van der Waals surface area contributed by atoms with Crippen molar-refractivity contribution in [3.05, 3.63) is 35.9 Å². The Morgan fingerprint density at radius 3 is 2.58 bits per heavy atom. The van der Waals surface area contributed by atoms with Gasteiger partial charge < -0.3 is 14.8 Å². The molecule has 132 valence electrons. The molecule has 0 aromatic heterocycles. The molecular weight excluding hydrogens is 304 g/mol. The highest BCUT2D eigenvalue weighted by molar-refractivity contribution is 5.87. The molecule has 0 saturated carbocycles. The number of ether oxygens (including phenoxy) is 2. The second-order valence-corrected chi connectivity index (χ2v) is 7.49. The molecular formula is C19H28N2O3. The molecule has 0 unspecified atom stereocenters. The minimum absolute atomic E-state index is 0.0871. The molecule has 1 aromatic carbocycles. The highest BCUT2D eigenvalue weighted by Crippen LogP contribution is 2.17. The number of hydrogen-bond donors (Lipinski definition) is 1. The Labute approximate surface area is 144 Å². The number of benzene rings is 1. The molecule has 1 aliphatic heterocycles. The van der Waals surface area contributed by atoms with Gasteiger partial charge in [-0.1, -0.05) is 44.2 Å². The molecule has 0 spiro atoms. The lowest BCUT2D eigenvalue weighted by atomic mass is 10.0. The number of alkyl carbamates (subject to hydrolysis) is 1. The summed E-state index contributed by atoms with van der Waals surface area (Å²) in [6.45, 7) is 10.1. The van der Waals surface area contributed by atoms with Gasteiger partial charge in [-0.05, 0) is 38.7 Å². The first-order chi connectivity index (χ1) is 11.2. The number of carbonyl (C=O) groups excluding carboxylic acids is 1. The molecule has 1 N–H and O–H groups in total. The molecule has 24 heavy (non-hydrogen) atoms. The second-order valence-electron chi connectivity index (χ2n) is 7.49. The van der Waals surface area contributed by atoms with Crippen LogP contribution in [0, 0.1) is 5.92 Å². The number of aliphatic imine (C=N–C) groups is 1. The summed E-state index contributed by atoms with van der Waals surface area (Å²) in [7, 11) is 0. The monoisotopic (exact) mass is 332 g/mol. The third kappa shape index (κ3) is 5.55. The van der Waals surface area contributed by atoms with Crippen LogP contribution < -0.4 is 5.32 Å². The van der Waals surface area contributed by atoms with Crippen molar-refractivity contribution in [3.8, 4) is 0 Å². The molecule has 5 nitrogen and oxygen atoms in total. The molecule has 0 bridgehead atoms. The van der Waals surface area contributed by atoms with Crippen molar-refractivity contribution in [2.45, 2.75) is 58.7 Å². The van der Waals surface area contributed by atoms with Gasteiger partial charge in [-0.25, -0.2) is 9.79 Å². The van der Waals surface area contributed by atoms with E-state index in [9.17, 15) is 4.79 Å². The van der Waals surface area contributed by atoms with Gasteiger partial charge in [0.15, 0.2) is 0 Å². The van der Waals surface area contributed by atoms with Crippen molar-refractivity contribution in [2.75, 3.05) is 6.61 Å². The summed E-state index contributed by atoms with van der Waals surface area (Å²) in [6, 6.07) is 10.0. The molecule has 0 aliphatic carbocycles. The van der Waals surface area contributed by atoms with Crippen LogP contribution in [0.1, 0.15) is 40.2 Å². The fourth-order valence-electron chi connectivity index (χ4n) is 2.54. The number of amides is 1. The fraction of sp³-hybridized carbons (Fsp3) is 0.579. The Morgan fingerprint density at radius 2 is 2.00 bits per heavy atom. The van der Waals surface area contributed by atoms with Gasteiger partial charge in [0.2, 0.25) is 5.90 Å². The Balaban J connectivity index is 2.00. The molecule has 0 radical (unpaired) electrons. The number of carbonyl (C=O) groups is 1. The lowest BCUT2D eigenvalue weighted by molar-refractivity contribution is 0.0502. The Hall–Kier alpha value is -2.04. The highest BCUT2D eigenvalue weighted by atomic mass is 16.6. The maximum atomic E-state index is 12.1. The smallest absolute Gasteiger partial charge is 0.408 e. The van der Waals surface area contributed by atoms with Crippen LogP contribution >= 0.6 is 0 Å². The van der Waals surface area contributed by atoms with Crippen LogP contribution in [0.2, 0.25) is 0 Å². The molecule has 2 rings (SSSR count). The molecule has 0 fully saturated rings. The van der Waals surface area contributed by atoms with E-state index in [2.05, 4.69) is 22.4 Å². The molecule has 1 aliphatic rings. The molecule has 2 atom stereocenters. The maximum Gasteiger partial charge on any atom is 0.408 e. The standard InChI is InChI=1S/C19H28N2O3/c1-13(2)16(21-18(22)24-19(3,4)5)17-20-15(12-23-17)11-14-9-7-6-8-10-14/h6-10,13,15-16H,11-12H2,1-5H3,(H,21,22)/t15-,16-/m0/s1. The van der Waals surface area contributed by atoms with Crippen molar-refractivity contribution in [2.24, 2.45) is 10.9 Å².